The molecule has 1 N–H and O–H groups in total. The molecule has 0 aliphatic heterocycles. The van der Waals surface area contributed by atoms with E-state index in [0.29, 0.717) is 24.1 Å². The lowest BCUT2D eigenvalue weighted by atomic mass is 10.00. The molecular formula is C22H29N3O2. The van der Waals surface area contributed by atoms with Crippen molar-refractivity contribution in [1.82, 2.24) is 15.0 Å². The second kappa shape index (κ2) is 8.53. The van der Waals surface area contributed by atoms with Crippen molar-refractivity contribution in [2.24, 2.45) is 11.8 Å². The van der Waals surface area contributed by atoms with E-state index in [9.17, 15) is 0 Å². The molecule has 2 heterocycles. The average molecular weight is 367 g/mol. The van der Waals surface area contributed by atoms with Gasteiger partial charge in [-0.15, -0.1) is 0 Å². The van der Waals surface area contributed by atoms with E-state index >= 15 is 0 Å². The van der Waals surface area contributed by atoms with Crippen molar-refractivity contribution >= 4 is 11.2 Å². The van der Waals surface area contributed by atoms with Crippen LogP contribution in [0.25, 0.3) is 22.3 Å². The largest absolute Gasteiger partial charge is 0.493 e. The molecule has 3 aromatic rings. The Kier molecular flexibility index (Phi) is 6.11. The predicted molar refractivity (Wildman–Crippen MR) is 109 cm³/mol. The van der Waals surface area contributed by atoms with E-state index < -0.39 is 0 Å². The molecule has 1 atom stereocenters. The molecule has 3 rings (SSSR count). The quantitative estimate of drug-likeness (QED) is 0.599. The smallest absolute Gasteiger partial charge is 0.178 e. The van der Waals surface area contributed by atoms with Gasteiger partial charge in [-0.05, 0) is 54.5 Å². The average Bonchev–Trinajstić information content (AvgIpc) is 3.03. The molecule has 0 aliphatic rings. The van der Waals surface area contributed by atoms with Crippen LogP contribution in [0.5, 0.6) is 5.75 Å². The minimum absolute atomic E-state index is 0.441. The van der Waals surface area contributed by atoms with Crippen LogP contribution in [0.4, 0.5) is 0 Å². The molecule has 5 heteroatoms. The summed E-state index contributed by atoms with van der Waals surface area (Å²) in [6, 6.07) is 8.33. The van der Waals surface area contributed by atoms with Crippen molar-refractivity contribution in [3.8, 4) is 16.9 Å². The fourth-order valence-electron chi connectivity index (χ4n) is 3.49. The normalized spacial score (nSPS) is 12.7. The second-order valence-electron chi connectivity index (χ2n) is 7.70. The number of pyridine rings is 1. The summed E-state index contributed by atoms with van der Waals surface area (Å²) in [6.45, 7) is 10.0. The number of methoxy groups -OCH3 is 1. The number of hydrogen-bond acceptors (Lipinski definition) is 4. The van der Waals surface area contributed by atoms with Crippen molar-refractivity contribution in [2.45, 2.75) is 40.7 Å². The third-order valence-electron chi connectivity index (χ3n) is 4.61. The maximum absolute atomic E-state index is 6.06. The summed E-state index contributed by atoms with van der Waals surface area (Å²) in [4.78, 5) is 12.2. The van der Waals surface area contributed by atoms with E-state index in [2.05, 4.69) is 60.8 Å². The van der Waals surface area contributed by atoms with Gasteiger partial charge in [0.15, 0.2) is 5.65 Å². The molecule has 0 spiro atoms. The summed E-state index contributed by atoms with van der Waals surface area (Å²) in [5.74, 6) is 2.97. The topological polar surface area (TPSA) is 60.0 Å². The Balaban J connectivity index is 1.82. The lowest BCUT2D eigenvalue weighted by molar-refractivity contribution is 0.179. The molecule has 0 aliphatic carbocycles. The van der Waals surface area contributed by atoms with Gasteiger partial charge in [-0.2, -0.15) is 0 Å². The second-order valence-corrected chi connectivity index (χ2v) is 7.70. The fraction of sp³-hybridized carbons (Fsp3) is 0.455. The third kappa shape index (κ3) is 4.66. The molecule has 2 aromatic heterocycles. The highest BCUT2D eigenvalue weighted by atomic mass is 16.5. The molecule has 5 nitrogen and oxygen atoms in total. The number of hydrogen-bond donors (Lipinski definition) is 1. The summed E-state index contributed by atoms with van der Waals surface area (Å²) in [7, 11) is 1.66. The van der Waals surface area contributed by atoms with Crippen LogP contribution >= 0.6 is 0 Å². The van der Waals surface area contributed by atoms with Crippen molar-refractivity contribution in [3.05, 3.63) is 41.9 Å². The molecule has 0 fully saturated rings. The van der Waals surface area contributed by atoms with Crippen molar-refractivity contribution in [1.29, 1.82) is 0 Å². The van der Waals surface area contributed by atoms with Gasteiger partial charge in [0.1, 0.15) is 18.2 Å². The Bertz CT molecular complexity index is 902. The first-order chi connectivity index (χ1) is 13.0. The SMILES string of the molecule is COCc1nc2nccc(-c3ccc(OCC(C)CC(C)C)c(C)c3)c2[nH]1. The first-order valence-electron chi connectivity index (χ1n) is 9.54. The summed E-state index contributed by atoms with van der Waals surface area (Å²) >= 11 is 0. The maximum atomic E-state index is 6.06. The van der Waals surface area contributed by atoms with Crippen LogP contribution in [0, 0.1) is 18.8 Å². The highest BCUT2D eigenvalue weighted by Crippen LogP contribution is 2.30. The van der Waals surface area contributed by atoms with Gasteiger partial charge in [0, 0.05) is 18.9 Å². The lowest BCUT2D eigenvalue weighted by Crippen LogP contribution is -2.11. The minimum Gasteiger partial charge on any atom is -0.493 e. The summed E-state index contributed by atoms with van der Waals surface area (Å²) < 4.78 is 11.2. The lowest BCUT2D eigenvalue weighted by Gasteiger charge is -2.16. The van der Waals surface area contributed by atoms with Crippen LogP contribution in [0.15, 0.2) is 30.5 Å². The van der Waals surface area contributed by atoms with Gasteiger partial charge in [-0.1, -0.05) is 26.8 Å². The van der Waals surface area contributed by atoms with Gasteiger partial charge in [0.05, 0.1) is 12.1 Å². The van der Waals surface area contributed by atoms with Crippen LogP contribution in [-0.2, 0) is 11.3 Å². The number of nitrogens with one attached hydrogen (secondary N) is 1. The van der Waals surface area contributed by atoms with Gasteiger partial charge in [-0.25, -0.2) is 9.97 Å². The van der Waals surface area contributed by atoms with Gasteiger partial charge in [0.25, 0.3) is 0 Å². The molecular weight excluding hydrogens is 338 g/mol. The first-order valence-corrected chi connectivity index (χ1v) is 9.54. The van der Waals surface area contributed by atoms with Crippen LogP contribution in [0.3, 0.4) is 0 Å². The van der Waals surface area contributed by atoms with E-state index in [0.717, 1.165) is 40.4 Å². The van der Waals surface area contributed by atoms with E-state index in [4.69, 9.17) is 9.47 Å². The molecule has 0 saturated heterocycles. The minimum atomic E-state index is 0.441. The van der Waals surface area contributed by atoms with Gasteiger partial charge in [0.2, 0.25) is 0 Å². The van der Waals surface area contributed by atoms with Crippen molar-refractivity contribution < 1.29 is 9.47 Å². The van der Waals surface area contributed by atoms with Crippen molar-refractivity contribution in [3.63, 3.8) is 0 Å². The molecule has 0 radical (unpaired) electrons. The molecule has 0 amide bonds. The zero-order valence-electron chi connectivity index (χ0n) is 16.9. The highest BCUT2D eigenvalue weighted by molar-refractivity contribution is 5.89. The Morgan fingerprint density at radius 1 is 1.15 bits per heavy atom. The molecule has 0 saturated carbocycles. The highest BCUT2D eigenvalue weighted by Gasteiger charge is 2.12. The summed E-state index contributed by atoms with van der Waals surface area (Å²) in [5.41, 5.74) is 4.97. The van der Waals surface area contributed by atoms with E-state index in [1.54, 1.807) is 13.3 Å². The molecule has 1 unspecified atom stereocenters. The Morgan fingerprint density at radius 3 is 2.67 bits per heavy atom. The predicted octanol–water partition coefficient (Wildman–Crippen LogP) is 5.14. The molecule has 1 aromatic carbocycles. The van der Waals surface area contributed by atoms with E-state index in [-0.39, 0.29) is 0 Å². The number of aromatic amines is 1. The Morgan fingerprint density at radius 2 is 1.96 bits per heavy atom. The Hall–Kier alpha value is -2.40. The van der Waals surface area contributed by atoms with Crippen LogP contribution < -0.4 is 4.74 Å². The number of nitrogens with zero attached hydrogens (tertiary/aromatic N) is 2. The van der Waals surface area contributed by atoms with E-state index in [1.807, 2.05) is 6.07 Å². The first kappa shape index (κ1) is 19.4. The van der Waals surface area contributed by atoms with E-state index in [1.165, 1.54) is 6.42 Å². The molecule has 0 bridgehead atoms. The standard InChI is InChI=1S/C22H29N3O2/c1-14(2)10-15(3)12-27-19-7-6-17(11-16(19)4)18-8-9-23-22-21(18)24-20(25-22)13-26-5/h6-9,11,14-15H,10,12-13H2,1-5H3,(H,23,24,25). The number of rotatable bonds is 8. The van der Waals surface area contributed by atoms with Crippen LogP contribution in [0.1, 0.15) is 38.6 Å². The number of imidazole rings is 1. The third-order valence-corrected chi connectivity index (χ3v) is 4.61. The zero-order chi connectivity index (χ0) is 19.4. The zero-order valence-corrected chi connectivity index (χ0v) is 16.9. The summed E-state index contributed by atoms with van der Waals surface area (Å²) in [6.07, 6.45) is 2.97. The number of fused-ring (bicyclic) bond motifs is 1. The number of aromatic nitrogens is 3. The fourth-order valence-corrected chi connectivity index (χ4v) is 3.49. The van der Waals surface area contributed by atoms with Crippen molar-refractivity contribution in [2.75, 3.05) is 13.7 Å². The van der Waals surface area contributed by atoms with Gasteiger partial charge in [-0.3, -0.25) is 0 Å². The molecule has 144 valence electrons. The number of aryl methyl sites for hydroxylation is 1. The van der Waals surface area contributed by atoms with Crippen LogP contribution in [0.2, 0.25) is 0 Å². The monoisotopic (exact) mass is 367 g/mol. The summed E-state index contributed by atoms with van der Waals surface area (Å²) in [5, 5.41) is 0. The number of benzene rings is 1. The maximum Gasteiger partial charge on any atom is 0.178 e. The Labute approximate surface area is 161 Å². The number of H-pyrrole nitrogens is 1. The van der Waals surface area contributed by atoms with Gasteiger partial charge < -0.3 is 14.5 Å². The van der Waals surface area contributed by atoms with Crippen LogP contribution in [-0.4, -0.2) is 28.7 Å². The van der Waals surface area contributed by atoms with Gasteiger partial charge >= 0.3 is 0 Å². The molecule has 27 heavy (non-hydrogen) atoms. The number of ether oxygens (including phenoxy) is 2.